The predicted octanol–water partition coefficient (Wildman–Crippen LogP) is 25.3. The van der Waals surface area contributed by atoms with E-state index in [2.05, 4.69) is 48.5 Å². The summed E-state index contributed by atoms with van der Waals surface area (Å²) in [5, 5.41) is 10.7. The molecule has 5 unspecified atom stereocenters. The zero-order valence-corrected chi connectivity index (χ0v) is 69.6. The maximum absolute atomic E-state index is 13.1. The molecule has 103 heavy (non-hydrogen) atoms. The molecule has 0 amide bonds. The molecule has 0 fully saturated rings. The van der Waals surface area contributed by atoms with Gasteiger partial charge in [0.05, 0.1) is 26.4 Å². The van der Waals surface area contributed by atoms with Gasteiger partial charge in [-0.1, -0.05) is 389 Å². The normalized spacial score (nSPS) is 14.7. The van der Waals surface area contributed by atoms with E-state index >= 15 is 0 Å². The molecular weight excluding hydrogens is 1340 g/mol. The number of carbonyl (C=O) groups is 4. The first kappa shape index (κ1) is 101. The second-order valence-electron chi connectivity index (χ2n) is 30.9. The van der Waals surface area contributed by atoms with Crippen molar-refractivity contribution in [1.82, 2.24) is 0 Å². The quantitative estimate of drug-likeness (QED) is 0.0222. The highest BCUT2D eigenvalue weighted by Gasteiger charge is 2.30. The Morgan fingerprint density at radius 3 is 0.689 bits per heavy atom. The number of esters is 4. The lowest BCUT2D eigenvalue weighted by atomic mass is 9.99. The number of phosphoric acid groups is 2. The molecule has 0 heterocycles. The number of hydrogen-bond donors (Lipinski definition) is 3. The van der Waals surface area contributed by atoms with Crippen LogP contribution in [0.4, 0.5) is 0 Å². The number of phosphoric ester groups is 2. The van der Waals surface area contributed by atoms with Crippen LogP contribution in [0.1, 0.15) is 440 Å². The van der Waals surface area contributed by atoms with E-state index in [1.165, 1.54) is 250 Å². The standard InChI is InChI=1S/C84H164O17P2/c1-8-12-13-14-15-16-17-18-19-27-32-37-46-53-60-67-84(89)101-80(72-95-82(87)66-59-52-45-40-39-43-50-57-64-77(7)11-4)74-99-103(92,93)97-70-78(85)69-96-102(90,91)98-73-79(100-83(88)68-61-54-47-38-33-28-23-21-25-30-35-42-49-56-63-76(6)10-3)71-94-81(86)65-58-51-44-36-31-26-22-20-24-29-34-41-48-55-62-75(5)9-2/h75-80,85H,8-74H2,1-7H3,(H,90,91)(H,92,93)/t75?,76?,77?,78-,79-,80-/m1/s1. The van der Waals surface area contributed by atoms with Gasteiger partial charge in [-0.2, -0.15) is 0 Å². The van der Waals surface area contributed by atoms with Crippen LogP contribution in [-0.2, 0) is 65.4 Å². The van der Waals surface area contributed by atoms with Crippen molar-refractivity contribution in [1.29, 1.82) is 0 Å². The highest BCUT2D eigenvalue weighted by atomic mass is 31.2. The molecule has 0 aliphatic rings. The predicted molar refractivity (Wildman–Crippen MR) is 423 cm³/mol. The summed E-state index contributed by atoms with van der Waals surface area (Å²) in [5.41, 5.74) is 0. The summed E-state index contributed by atoms with van der Waals surface area (Å²) in [6, 6.07) is 0. The minimum atomic E-state index is -4.97. The minimum Gasteiger partial charge on any atom is -0.462 e. The van der Waals surface area contributed by atoms with Gasteiger partial charge in [-0.25, -0.2) is 9.13 Å². The van der Waals surface area contributed by atoms with Gasteiger partial charge in [-0.3, -0.25) is 37.3 Å². The van der Waals surface area contributed by atoms with Crippen molar-refractivity contribution in [2.75, 3.05) is 39.6 Å². The lowest BCUT2D eigenvalue weighted by Gasteiger charge is -2.21. The third kappa shape index (κ3) is 74.0. The number of aliphatic hydroxyl groups is 1. The first-order chi connectivity index (χ1) is 49.8. The Morgan fingerprint density at radius 2 is 0.466 bits per heavy atom. The smallest absolute Gasteiger partial charge is 0.462 e. The number of rotatable bonds is 82. The topological polar surface area (TPSA) is 237 Å². The Bertz CT molecular complexity index is 2000. The molecule has 17 nitrogen and oxygen atoms in total. The van der Waals surface area contributed by atoms with Crippen molar-refractivity contribution in [2.24, 2.45) is 17.8 Å². The molecule has 8 atom stereocenters. The van der Waals surface area contributed by atoms with E-state index in [-0.39, 0.29) is 25.7 Å². The third-order valence-electron chi connectivity index (χ3n) is 20.7. The van der Waals surface area contributed by atoms with Crippen molar-refractivity contribution in [2.45, 2.75) is 458 Å². The maximum Gasteiger partial charge on any atom is 0.472 e. The first-order valence-electron chi connectivity index (χ1n) is 43.5. The third-order valence-corrected chi connectivity index (χ3v) is 22.6. The number of unbranched alkanes of at least 4 members (excludes halogenated alkanes) is 47. The average Bonchev–Trinajstić information content (AvgIpc) is 0.934. The molecular formula is C84H164O17P2. The Balaban J connectivity index is 5.27. The van der Waals surface area contributed by atoms with Crippen LogP contribution in [0.25, 0.3) is 0 Å². The van der Waals surface area contributed by atoms with Gasteiger partial charge in [0.25, 0.3) is 0 Å². The van der Waals surface area contributed by atoms with Crippen LogP contribution in [0, 0.1) is 17.8 Å². The summed E-state index contributed by atoms with van der Waals surface area (Å²) in [5.74, 6) is 0.368. The number of carbonyl (C=O) groups excluding carboxylic acids is 4. The largest absolute Gasteiger partial charge is 0.472 e. The molecule has 0 aromatic heterocycles. The summed E-state index contributed by atoms with van der Waals surface area (Å²) < 4.78 is 68.9. The molecule has 0 radical (unpaired) electrons. The van der Waals surface area contributed by atoms with Crippen molar-refractivity contribution >= 4 is 39.5 Å². The van der Waals surface area contributed by atoms with Crippen LogP contribution in [0.3, 0.4) is 0 Å². The average molecular weight is 1510 g/mol. The Hall–Kier alpha value is -1.94. The van der Waals surface area contributed by atoms with E-state index in [0.717, 1.165) is 108 Å². The molecule has 0 spiro atoms. The van der Waals surface area contributed by atoms with Crippen LogP contribution in [0.5, 0.6) is 0 Å². The van der Waals surface area contributed by atoms with Crippen LogP contribution in [-0.4, -0.2) is 96.7 Å². The van der Waals surface area contributed by atoms with Crippen molar-refractivity contribution in [3.05, 3.63) is 0 Å². The van der Waals surface area contributed by atoms with Crippen LogP contribution in [0.15, 0.2) is 0 Å². The Kier molecular flexibility index (Phi) is 72.8. The lowest BCUT2D eigenvalue weighted by Crippen LogP contribution is -2.30. The highest BCUT2D eigenvalue weighted by Crippen LogP contribution is 2.45. The lowest BCUT2D eigenvalue weighted by molar-refractivity contribution is -0.161. The molecule has 612 valence electrons. The van der Waals surface area contributed by atoms with Crippen LogP contribution < -0.4 is 0 Å². The summed E-state index contributed by atoms with van der Waals surface area (Å²) in [4.78, 5) is 73.2. The molecule has 0 aliphatic heterocycles. The molecule has 0 aliphatic carbocycles. The highest BCUT2D eigenvalue weighted by molar-refractivity contribution is 7.47. The molecule has 0 saturated carbocycles. The Labute approximate surface area is 632 Å². The minimum absolute atomic E-state index is 0.108. The maximum atomic E-state index is 13.1. The van der Waals surface area contributed by atoms with Gasteiger partial charge in [-0.05, 0) is 43.4 Å². The zero-order chi connectivity index (χ0) is 75.8. The fourth-order valence-corrected chi connectivity index (χ4v) is 14.5. The summed E-state index contributed by atoms with van der Waals surface area (Å²) >= 11 is 0. The van der Waals surface area contributed by atoms with Crippen molar-refractivity contribution < 1.29 is 80.2 Å². The molecule has 3 N–H and O–H groups in total. The van der Waals surface area contributed by atoms with E-state index in [0.29, 0.717) is 25.7 Å². The van der Waals surface area contributed by atoms with E-state index in [1.807, 2.05) is 0 Å². The molecule has 19 heteroatoms. The van der Waals surface area contributed by atoms with Gasteiger partial charge in [0, 0.05) is 25.7 Å². The van der Waals surface area contributed by atoms with E-state index in [4.69, 9.17) is 37.0 Å². The van der Waals surface area contributed by atoms with Gasteiger partial charge < -0.3 is 33.8 Å². The second-order valence-corrected chi connectivity index (χ2v) is 33.9. The first-order valence-corrected chi connectivity index (χ1v) is 46.5. The van der Waals surface area contributed by atoms with Gasteiger partial charge in [-0.15, -0.1) is 0 Å². The monoisotopic (exact) mass is 1510 g/mol. The van der Waals surface area contributed by atoms with Crippen LogP contribution >= 0.6 is 15.6 Å². The Morgan fingerprint density at radius 1 is 0.272 bits per heavy atom. The van der Waals surface area contributed by atoms with E-state index < -0.39 is 97.5 Å². The fourth-order valence-electron chi connectivity index (χ4n) is 12.9. The van der Waals surface area contributed by atoms with Crippen molar-refractivity contribution in [3.63, 3.8) is 0 Å². The van der Waals surface area contributed by atoms with Gasteiger partial charge in [0.15, 0.2) is 12.2 Å². The zero-order valence-electron chi connectivity index (χ0n) is 67.8. The van der Waals surface area contributed by atoms with Crippen LogP contribution in [0.2, 0.25) is 0 Å². The van der Waals surface area contributed by atoms with Gasteiger partial charge in [0.1, 0.15) is 19.3 Å². The van der Waals surface area contributed by atoms with Crippen molar-refractivity contribution in [3.8, 4) is 0 Å². The number of hydrogen-bond acceptors (Lipinski definition) is 15. The van der Waals surface area contributed by atoms with Gasteiger partial charge in [0.2, 0.25) is 0 Å². The van der Waals surface area contributed by atoms with Gasteiger partial charge >= 0.3 is 39.5 Å². The summed E-state index contributed by atoms with van der Waals surface area (Å²) in [6.07, 6.45) is 63.5. The van der Waals surface area contributed by atoms with E-state index in [1.54, 1.807) is 0 Å². The SMILES string of the molecule is CCCCCCCCCCCCCCCCCC(=O)O[C@H](COC(=O)CCCCCCCCCCC(C)CC)COP(=O)(O)OC[C@H](O)COP(=O)(O)OC[C@@H](COC(=O)CCCCCCCCCCCCCCCCC(C)CC)OC(=O)CCCCCCCCCCCCCCCCC(C)CC. The molecule has 0 aromatic rings. The number of aliphatic hydroxyl groups excluding tert-OH is 1. The second kappa shape index (κ2) is 74.2. The number of ether oxygens (including phenoxy) is 4. The molecule has 0 aromatic carbocycles. The molecule has 0 bridgehead atoms. The van der Waals surface area contributed by atoms with E-state index in [9.17, 15) is 43.2 Å². The fraction of sp³-hybridized carbons (Fsp3) is 0.952. The summed E-state index contributed by atoms with van der Waals surface area (Å²) in [6.45, 7) is 12.1. The molecule has 0 saturated heterocycles. The molecule has 0 rings (SSSR count). The summed E-state index contributed by atoms with van der Waals surface area (Å²) in [7, 11) is -9.93.